The van der Waals surface area contributed by atoms with E-state index in [-0.39, 0.29) is 7.05 Å². The zero-order valence-electron chi connectivity index (χ0n) is 5.96. The van der Waals surface area contributed by atoms with E-state index in [9.17, 15) is 0 Å². The van der Waals surface area contributed by atoms with Crippen molar-refractivity contribution in [3.8, 4) is 0 Å². The first-order valence-electron chi connectivity index (χ1n) is 3.32. The third kappa shape index (κ3) is 1.44. The zero-order valence-corrected chi connectivity index (χ0v) is 5.96. The SMILES string of the molecule is CB(O)N(C)C1CNC1. The van der Waals surface area contributed by atoms with Gasteiger partial charge < -0.3 is 15.2 Å². The molecule has 3 nitrogen and oxygen atoms in total. The Hall–Kier alpha value is -0.0551. The predicted molar refractivity (Wildman–Crippen MR) is 38.3 cm³/mol. The molecule has 0 aromatic rings. The van der Waals surface area contributed by atoms with Crippen molar-refractivity contribution in [2.45, 2.75) is 12.9 Å². The van der Waals surface area contributed by atoms with Crippen molar-refractivity contribution in [3.05, 3.63) is 0 Å². The number of rotatable bonds is 2. The Morgan fingerprint density at radius 1 is 1.67 bits per heavy atom. The van der Waals surface area contributed by atoms with E-state index in [1.54, 1.807) is 6.82 Å². The molecule has 1 aliphatic heterocycles. The van der Waals surface area contributed by atoms with Crippen LogP contribution in [0.4, 0.5) is 0 Å². The van der Waals surface area contributed by atoms with E-state index in [1.807, 2.05) is 11.9 Å². The van der Waals surface area contributed by atoms with Gasteiger partial charge in [0.15, 0.2) is 0 Å². The van der Waals surface area contributed by atoms with Crippen molar-refractivity contribution >= 4 is 7.05 Å². The van der Waals surface area contributed by atoms with E-state index in [0.29, 0.717) is 6.04 Å². The van der Waals surface area contributed by atoms with Crippen molar-refractivity contribution in [1.29, 1.82) is 0 Å². The molecule has 1 rings (SSSR count). The lowest BCUT2D eigenvalue weighted by atomic mass is 9.83. The number of likely N-dealkylation sites (N-methyl/N-ethyl adjacent to an activating group) is 1. The summed E-state index contributed by atoms with van der Waals surface area (Å²) < 4.78 is 0. The van der Waals surface area contributed by atoms with Crippen LogP contribution in [0.5, 0.6) is 0 Å². The Kier molecular flexibility index (Phi) is 2.11. The van der Waals surface area contributed by atoms with Crippen LogP contribution in [0.25, 0.3) is 0 Å². The molecule has 0 bridgehead atoms. The molecule has 52 valence electrons. The monoisotopic (exact) mass is 128 g/mol. The maximum Gasteiger partial charge on any atom is 0.376 e. The van der Waals surface area contributed by atoms with Gasteiger partial charge in [-0.15, -0.1) is 0 Å². The summed E-state index contributed by atoms with van der Waals surface area (Å²) in [7, 11) is 1.63. The minimum Gasteiger partial charge on any atom is -0.437 e. The maximum atomic E-state index is 9.05. The fourth-order valence-electron chi connectivity index (χ4n) is 0.867. The van der Waals surface area contributed by atoms with Crippen LogP contribution in [0.15, 0.2) is 0 Å². The Balaban J connectivity index is 2.23. The fourth-order valence-corrected chi connectivity index (χ4v) is 0.867. The van der Waals surface area contributed by atoms with Crippen LogP contribution < -0.4 is 5.32 Å². The van der Waals surface area contributed by atoms with Gasteiger partial charge in [0.25, 0.3) is 0 Å². The molecule has 0 unspecified atom stereocenters. The Morgan fingerprint density at radius 2 is 2.22 bits per heavy atom. The van der Waals surface area contributed by atoms with E-state index in [0.717, 1.165) is 13.1 Å². The normalized spacial score (nSPS) is 20.0. The Bertz CT molecular complexity index is 95.0. The molecule has 1 fully saturated rings. The minimum absolute atomic E-state index is 0.308. The van der Waals surface area contributed by atoms with Gasteiger partial charge in [-0.2, -0.15) is 0 Å². The van der Waals surface area contributed by atoms with E-state index in [1.165, 1.54) is 0 Å². The summed E-state index contributed by atoms with van der Waals surface area (Å²) in [5, 5.41) is 12.2. The predicted octanol–water partition coefficient (Wildman–Crippen LogP) is -1.000. The first kappa shape index (κ1) is 7.06. The molecule has 0 amide bonds. The largest absolute Gasteiger partial charge is 0.437 e. The molecule has 9 heavy (non-hydrogen) atoms. The standard InChI is InChI=1S/C5H13BN2O/c1-6(9)8(2)5-3-7-4-5/h5,7,9H,3-4H2,1-2H3. The van der Waals surface area contributed by atoms with Gasteiger partial charge in [0.2, 0.25) is 0 Å². The Labute approximate surface area is 56.2 Å². The molecule has 0 aromatic heterocycles. The molecule has 0 atom stereocenters. The van der Waals surface area contributed by atoms with Crippen molar-refractivity contribution in [1.82, 2.24) is 10.1 Å². The first-order valence-corrected chi connectivity index (χ1v) is 3.32. The summed E-state index contributed by atoms with van der Waals surface area (Å²) in [5.41, 5.74) is 0. The van der Waals surface area contributed by atoms with Crippen LogP contribution in [-0.2, 0) is 0 Å². The lowest BCUT2D eigenvalue weighted by Crippen LogP contribution is -2.59. The van der Waals surface area contributed by atoms with Gasteiger partial charge in [0.1, 0.15) is 0 Å². The van der Waals surface area contributed by atoms with Gasteiger partial charge in [-0.3, -0.25) is 0 Å². The second-order valence-corrected chi connectivity index (χ2v) is 2.61. The summed E-state index contributed by atoms with van der Waals surface area (Å²) in [5.74, 6) is 0. The highest BCUT2D eigenvalue weighted by molar-refractivity contribution is 6.45. The third-order valence-corrected chi connectivity index (χ3v) is 1.93. The number of hydrogen-bond acceptors (Lipinski definition) is 3. The van der Waals surface area contributed by atoms with Crippen LogP contribution in [0, 0.1) is 0 Å². The highest BCUT2D eigenvalue weighted by Gasteiger charge is 2.25. The first-order chi connectivity index (χ1) is 4.22. The van der Waals surface area contributed by atoms with Crippen LogP contribution in [0.3, 0.4) is 0 Å². The van der Waals surface area contributed by atoms with Crippen LogP contribution in [-0.4, -0.2) is 43.1 Å². The van der Waals surface area contributed by atoms with E-state index in [4.69, 9.17) is 5.02 Å². The molecule has 0 radical (unpaired) electrons. The summed E-state index contributed by atoms with van der Waals surface area (Å²) in [6, 6.07) is 0.546. The third-order valence-electron chi connectivity index (χ3n) is 1.93. The molecule has 4 heteroatoms. The fraction of sp³-hybridized carbons (Fsp3) is 1.00. The molecular weight excluding hydrogens is 115 g/mol. The maximum absolute atomic E-state index is 9.05. The average Bonchev–Trinajstić information content (AvgIpc) is 1.60. The van der Waals surface area contributed by atoms with E-state index < -0.39 is 0 Å². The number of hydrogen-bond donors (Lipinski definition) is 2. The van der Waals surface area contributed by atoms with Crippen LogP contribution in [0.2, 0.25) is 6.82 Å². The lowest BCUT2D eigenvalue weighted by Gasteiger charge is -2.36. The quantitative estimate of drug-likeness (QED) is 0.468. The highest BCUT2D eigenvalue weighted by Crippen LogP contribution is 2.01. The average molecular weight is 128 g/mol. The molecule has 1 heterocycles. The Morgan fingerprint density at radius 3 is 2.33 bits per heavy atom. The van der Waals surface area contributed by atoms with Crippen LogP contribution in [0.1, 0.15) is 0 Å². The van der Waals surface area contributed by atoms with Crippen LogP contribution >= 0.6 is 0 Å². The second kappa shape index (κ2) is 2.69. The number of nitrogens with one attached hydrogen (secondary N) is 1. The zero-order chi connectivity index (χ0) is 6.85. The summed E-state index contributed by atoms with van der Waals surface area (Å²) in [6.45, 7) is 3.82. The molecule has 1 saturated heterocycles. The van der Waals surface area contributed by atoms with Gasteiger partial charge in [-0.25, -0.2) is 0 Å². The van der Waals surface area contributed by atoms with Crippen molar-refractivity contribution < 1.29 is 5.02 Å². The summed E-state index contributed by atoms with van der Waals surface area (Å²) >= 11 is 0. The lowest BCUT2D eigenvalue weighted by molar-refractivity contribution is 0.249. The van der Waals surface area contributed by atoms with Gasteiger partial charge in [-0.1, -0.05) is 0 Å². The molecule has 2 N–H and O–H groups in total. The topological polar surface area (TPSA) is 35.5 Å². The molecule has 1 aliphatic rings. The number of nitrogens with zero attached hydrogens (tertiary/aromatic N) is 1. The summed E-state index contributed by atoms with van der Waals surface area (Å²) in [6.07, 6.45) is 0. The van der Waals surface area contributed by atoms with Crippen molar-refractivity contribution in [3.63, 3.8) is 0 Å². The van der Waals surface area contributed by atoms with Gasteiger partial charge in [0, 0.05) is 19.1 Å². The molecule has 0 aromatic carbocycles. The highest BCUT2D eigenvalue weighted by atomic mass is 16.2. The molecule has 0 saturated carbocycles. The van der Waals surface area contributed by atoms with Gasteiger partial charge >= 0.3 is 7.05 Å². The second-order valence-electron chi connectivity index (χ2n) is 2.61. The minimum atomic E-state index is -0.308. The smallest absolute Gasteiger partial charge is 0.376 e. The molecule has 0 spiro atoms. The van der Waals surface area contributed by atoms with Crippen molar-refractivity contribution in [2.24, 2.45) is 0 Å². The summed E-state index contributed by atoms with van der Waals surface area (Å²) in [4.78, 5) is 1.97. The van der Waals surface area contributed by atoms with Gasteiger partial charge in [-0.05, 0) is 13.9 Å². The van der Waals surface area contributed by atoms with Crippen molar-refractivity contribution in [2.75, 3.05) is 20.1 Å². The van der Waals surface area contributed by atoms with E-state index >= 15 is 0 Å². The van der Waals surface area contributed by atoms with Gasteiger partial charge in [0.05, 0.1) is 0 Å². The molecule has 0 aliphatic carbocycles. The van der Waals surface area contributed by atoms with E-state index in [2.05, 4.69) is 5.32 Å². The molecular formula is C5H13BN2O.